The summed E-state index contributed by atoms with van der Waals surface area (Å²) in [6.07, 6.45) is 1.82. The van der Waals surface area contributed by atoms with Crippen LogP contribution in [0.3, 0.4) is 0 Å². The predicted octanol–water partition coefficient (Wildman–Crippen LogP) is 5.76. The Morgan fingerprint density at radius 3 is 2.48 bits per heavy atom. The van der Waals surface area contributed by atoms with Crippen molar-refractivity contribution in [3.8, 4) is 22.3 Å². The minimum atomic E-state index is 0.627. The molecule has 0 bridgehead atoms. The first-order valence-corrected chi connectivity index (χ1v) is 9.03. The molecule has 0 aliphatic rings. The molecule has 0 saturated heterocycles. The van der Waals surface area contributed by atoms with Gasteiger partial charge in [-0.1, -0.05) is 35.9 Å². The van der Waals surface area contributed by atoms with Gasteiger partial charge in [0, 0.05) is 27.0 Å². The number of aryl methyl sites for hydroxylation is 1. The number of thiophene rings is 1. The first-order chi connectivity index (χ1) is 12.0. The summed E-state index contributed by atoms with van der Waals surface area (Å²) in [5, 5.41) is 2.31. The smallest absolute Gasteiger partial charge is 0.110 e. The Kier molecular flexibility index (Phi) is 3.86. The van der Waals surface area contributed by atoms with Gasteiger partial charge in [-0.3, -0.25) is 4.98 Å². The summed E-state index contributed by atoms with van der Waals surface area (Å²) in [4.78, 5) is 4.28. The number of benzene rings is 2. The van der Waals surface area contributed by atoms with Gasteiger partial charge >= 0.3 is 0 Å². The molecule has 4 N–H and O–H groups in total. The highest BCUT2D eigenvalue weighted by molar-refractivity contribution is 7.24. The van der Waals surface area contributed by atoms with Crippen LogP contribution < -0.4 is 11.5 Å². The average molecular weight is 366 g/mol. The van der Waals surface area contributed by atoms with Gasteiger partial charge in [0.25, 0.3) is 0 Å². The van der Waals surface area contributed by atoms with E-state index in [9.17, 15) is 0 Å². The number of aromatic nitrogens is 1. The molecule has 0 radical (unpaired) electrons. The molecule has 0 atom stereocenters. The maximum atomic E-state index is 6.33. The van der Waals surface area contributed by atoms with Crippen molar-refractivity contribution in [2.24, 2.45) is 0 Å². The van der Waals surface area contributed by atoms with E-state index in [0.717, 1.165) is 38.0 Å². The zero-order chi connectivity index (χ0) is 17.6. The van der Waals surface area contributed by atoms with E-state index in [4.69, 9.17) is 23.1 Å². The van der Waals surface area contributed by atoms with Crippen molar-refractivity contribution < 1.29 is 0 Å². The summed E-state index contributed by atoms with van der Waals surface area (Å²) >= 11 is 7.69. The van der Waals surface area contributed by atoms with Crippen molar-refractivity contribution in [1.29, 1.82) is 0 Å². The van der Waals surface area contributed by atoms with Crippen LogP contribution in [0.1, 0.15) is 5.69 Å². The molecule has 4 rings (SSSR count). The summed E-state index contributed by atoms with van der Waals surface area (Å²) in [6.45, 7) is 1.98. The van der Waals surface area contributed by atoms with Crippen LogP contribution in [-0.4, -0.2) is 4.98 Å². The molecule has 0 aliphatic carbocycles. The highest BCUT2D eigenvalue weighted by atomic mass is 35.5. The quantitative estimate of drug-likeness (QED) is 0.474. The number of halogens is 1. The molecule has 124 valence electrons. The molecule has 25 heavy (non-hydrogen) atoms. The Morgan fingerprint density at radius 2 is 1.72 bits per heavy atom. The van der Waals surface area contributed by atoms with E-state index < -0.39 is 0 Å². The lowest BCUT2D eigenvalue weighted by Crippen LogP contribution is -1.91. The maximum absolute atomic E-state index is 6.33. The lowest BCUT2D eigenvalue weighted by Gasteiger charge is -2.10. The van der Waals surface area contributed by atoms with E-state index in [1.54, 1.807) is 0 Å². The predicted molar refractivity (Wildman–Crippen MR) is 109 cm³/mol. The number of fused-ring (bicyclic) bond motifs is 1. The van der Waals surface area contributed by atoms with Crippen LogP contribution in [0.5, 0.6) is 0 Å². The number of hydrogen-bond acceptors (Lipinski definition) is 4. The van der Waals surface area contributed by atoms with Crippen molar-refractivity contribution in [3.05, 3.63) is 65.4 Å². The van der Waals surface area contributed by atoms with E-state index in [2.05, 4.69) is 23.2 Å². The van der Waals surface area contributed by atoms with Gasteiger partial charge in [0.1, 0.15) is 5.00 Å². The third kappa shape index (κ3) is 2.73. The first kappa shape index (κ1) is 15.9. The Labute approximate surface area is 154 Å². The summed E-state index contributed by atoms with van der Waals surface area (Å²) in [5.74, 6) is 0. The van der Waals surface area contributed by atoms with E-state index in [1.165, 1.54) is 11.3 Å². The van der Waals surface area contributed by atoms with Gasteiger partial charge in [-0.25, -0.2) is 0 Å². The summed E-state index contributed by atoms with van der Waals surface area (Å²) in [5.41, 5.74) is 18.4. The zero-order valence-corrected chi connectivity index (χ0v) is 15.2. The molecule has 2 aromatic heterocycles. The number of hydrogen-bond donors (Lipinski definition) is 2. The van der Waals surface area contributed by atoms with Crippen LogP contribution in [0, 0.1) is 6.92 Å². The van der Waals surface area contributed by atoms with Gasteiger partial charge in [0.15, 0.2) is 0 Å². The van der Waals surface area contributed by atoms with Crippen molar-refractivity contribution >= 4 is 43.7 Å². The SMILES string of the molecule is Cc1cc(-c2ccc(-c3cccc(Cl)c3)c3c(N)c(N)sc23)ccn1. The second-order valence-corrected chi connectivity index (χ2v) is 7.43. The second kappa shape index (κ2) is 6.06. The normalized spacial score (nSPS) is 11.1. The molecular formula is C20H16ClN3S. The van der Waals surface area contributed by atoms with Crippen molar-refractivity contribution in [1.82, 2.24) is 4.98 Å². The number of rotatable bonds is 2. The van der Waals surface area contributed by atoms with E-state index in [1.807, 2.05) is 43.5 Å². The lowest BCUT2D eigenvalue weighted by molar-refractivity contribution is 1.20. The molecule has 2 aromatic carbocycles. The minimum Gasteiger partial charge on any atom is -0.396 e. The Bertz CT molecular complexity index is 1100. The molecule has 0 aliphatic heterocycles. The largest absolute Gasteiger partial charge is 0.396 e. The molecule has 4 aromatic rings. The highest BCUT2D eigenvalue weighted by Crippen LogP contribution is 2.46. The van der Waals surface area contributed by atoms with Gasteiger partial charge in [-0.2, -0.15) is 0 Å². The van der Waals surface area contributed by atoms with E-state index in [0.29, 0.717) is 15.7 Å². The van der Waals surface area contributed by atoms with Gasteiger partial charge in [-0.15, -0.1) is 11.3 Å². The number of nitrogen functional groups attached to an aromatic ring is 2. The maximum Gasteiger partial charge on any atom is 0.110 e. The lowest BCUT2D eigenvalue weighted by atomic mass is 9.96. The molecule has 2 heterocycles. The van der Waals surface area contributed by atoms with Crippen LogP contribution >= 0.6 is 22.9 Å². The Balaban J connectivity index is 2.04. The fraction of sp³-hybridized carbons (Fsp3) is 0.0500. The molecular weight excluding hydrogens is 350 g/mol. The van der Waals surface area contributed by atoms with Crippen molar-refractivity contribution in [3.63, 3.8) is 0 Å². The van der Waals surface area contributed by atoms with Gasteiger partial charge in [-0.05, 0) is 53.4 Å². The topological polar surface area (TPSA) is 64.9 Å². The minimum absolute atomic E-state index is 0.627. The Hall–Kier alpha value is -2.56. The monoisotopic (exact) mass is 365 g/mol. The molecule has 0 spiro atoms. The van der Waals surface area contributed by atoms with Crippen LogP contribution in [0.15, 0.2) is 54.7 Å². The highest BCUT2D eigenvalue weighted by Gasteiger charge is 2.17. The van der Waals surface area contributed by atoms with Crippen LogP contribution in [0.2, 0.25) is 5.02 Å². The summed E-state index contributed by atoms with van der Waals surface area (Å²) < 4.78 is 1.08. The van der Waals surface area contributed by atoms with Gasteiger partial charge in [0.2, 0.25) is 0 Å². The summed E-state index contributed by atoms with van der Waals surface area (Å²) in [7, 11) is 0. The molecule has 0 unspecified atom stereocenters. The standard InChI is InChI=1S/C20H16ClN3S/c1-11-9-13(7-8-24-11)16-6-5-15(12-3-2-4-14(21)10-12)17-18(22)20(23)25-19(16)17/h2-10H,22-23H2,1H3. The first-order valence-electron chi connectivity index (χ1n) is 7.84. The fourth-order valence-electron chi connectivity index (χ4n) is 3.08. The third-order valence-electron chi connectivity index (χ3n) is 4.25. The second-order valence-electron chi connectivity index (χ2n) is 5.94. The van der Waals surface area contributed by atoms with Crippen LogP contribution in [0.4, 0.5) is 10.7 Å². The number of nitrogens with zero attached hydrogens (tertiary/aromatic N) is 1. The van der Waals surface area contributed by atoms with Gasteiger partial charge < -0.3 is 11.5 Å². The van der Waals surface area contributed by atoms with E-state index >= 15 is 0 Å². The molecule has 0 saturated carbocycles. The molecule has 0 fully saturated rings. The van der Waals surface area contributed by atoms with Crippen molar-refractivity contribution in [2.45, 2.75) is 6.92 Å². The van der Waals surface area contributed by atoms with Gasteiger partial charge in [0.05, 0.1) is 5.69 Å². The molecule has 0 amide bonds. The molecule has 5 heteroatoms. The average Bonchev–Trinajstić information content (AvgIpc) is 2.89. The Morgan fingerprint density at radius 1 is 0.960 bits per heavy atom. The van der Waals surface area contributed by atoms with Crippen LogP contribution in [0.25, 0.3) is 32.3 Å². The third-order valence-corrected chi connectivity index (χ3v) is 5.55. The zero-order valence-electron chi connectivity index (χ0n) is 13.6. The fourth-order valence-corrected chi connectivity index (χ4v) is 4.32. The number of pyridine rings is 1. The van der Waals surface area contributed by atoms with Crippen molar-refractivity contribution in [2.75, 3.05) is 11.5 Å². The summed E-state index contributed by atoms with van der Waals surface area (Å²) in [6, 6.07) is 16.1. The molecule has 3 nitrogen and oxygen atoms in total. The van der Waals surface area contributed by atoms with E-state index in [-0.39, 0.29) is 0 Å². The number of nitrogens with two attached hydrogens (primary N) is 2. The van der Waals surface area contributed by atoms with Crippen LogP contribution in [-0.2, 0) is 0 Å². The number of anilines is 2.